The smallest absolute Gasteiger partial charge is 0.227 e. The van der Waals surface area contributed by atoms with E-state index in [4.69, 9.17) is 0 Å². The summed E-state index contributed by atoms with van der Waals surface area (Å²) in [6, 6.07) is 12.0. The van der Waals surface area contributed by atoms with E-state index in [0.717, 1.165) is 17.7 Å². The van der Waals surface area contributed by atoms with Gasteiger partial charge in [0.05, 0.1) is 6.54 Å². The van der Waals surface area contributed by atoms with E-state index < -0.39 is 0 Å². The molecule has 1 amide bonds. The van der Waals surface area contributed by atoms with Gasteiger partial charge >= 0.3 is 0 Å². The topological polar surface area (TPSA) is 33.2 Å². The maximum atomic E-state index is 12.3. The molecule has 0 saturated heterocycles. The fraction of sp³-hybridized carbons (Fsp3) is 0.294. The monoisotopic (exact) mass is 268 g/mol. The van der Waals surface area contributed by atoms with Crippen molar-refractivity contribution in [2.75, 3.05) is 4.90 Å². The van der Waals surface area contributed by atoms with Gasteiger partial charge < -0.3 is 4.90 Å². The highest BCUT2D eigenvalue weighted by Crippen LogP contribution is 2.19. The van der Waals surface area contributed by atoms with Gasteiger partial charge in [0.2, 0.25) is 5.91 Å². The number of pyridine rings is 1. The lowest BCUT2D eigenvalue weighted by atomic mass is 10.1. The first kappa shape index (κ1) is 14.3. The molecule has 0 unspecified atom stereocenters. The van der Waals surface area contributed by atoms with Crippen LogP contribution in [0.2, 0.25) is 0 Å². The zero-order chi connectivity index (χ0) is 14.4. The lowest BCUT2D eigenvalue weighted by Gasteiger charge is -2.23. The fourth-order valence-corrected chi connectivity index (χ4v) is 2.07. The molecule has 0 atom stereocenters. The van der Waals surface area contributed by atoms with Crippen molar-refractivity contribution in [2.45, 2.75) is 33.2 Å². The third kappa shape index (κ3) is 3.67. The summed E-state index contributed by atoms with van der Waals surface area (Å²) in [5.41, 5.74) is 3.17. The number of aryl methyl sites for hydroxylation is 1. The van der Waals surface area contributed by atoms with Gasteiger partial charge in [-0.25, -0.2) is 0 Å². The number of hydrogen-bond acceptors (Lipinski definition) is 2. The number of carbonyl (C=O) groups is 1. The second-order valence-corrected chi connectivity index (χ2v) is 4.93. The first-order chi connectivity index (χ1) is 9.70. The number of carbonyl (C=O) groups excluding carboxylic acids is 1. The summed E-state index contributed by atoms with van der Waals surface area (Å²) in [5.74, 6) is 0.153. The first-order valence-corrected chi connectivity index (χ1v) is 6.96. The fourth-order valence-electron chi connectivity index (χ4n) is 2.07. The minimum Gasteiger partial charge on any atom is -0.308 e. The summed E-state index contributed by atoms with van der Waals surface area (Å²) in [6.45, 7) is 4.63. The Labute approximate surface area is 120 Å². The third-order valence-electron chi connectivity index (χ3n) is 3.17. The van der Waals surface area contributed by atoms with Gasteiger partial charge in [0.25, 0.3) is 0 Å². The highest BCUT2D eigenvalue weighted by molar-refractivity contribution is 5.93. The van der Waals surface area contributed by atoms with Crippen molar-refractivity contribution in [1.29, 1.82) is 0 Å². The predicted octanol–water partition coefficient (Wildman–Crippen LogP) is 3.72. The third-order valence-corrected chi connectivity index (χ3v) is 3.17. The molecule has 1 aromatic heterocycles. The summed E-state index contributed by atoms with van der Waals surface area (Å²) in [5, 5.41) is 0. The normalized spacial score (nSPS) is 10.3. The molecule has 0 spiro atoms. The first-order valence-electron chi connectivity index (χ1n) is 6.96. The Morgan fingerprint density at radius 2 is 1.95 bits per heavy atom. The Kier molecular flexibility index (Phi) is 4.88. The van der Waals surface area contributed by atoms with E-state index >= 15 is 0 Å². The van der Waals surface area contributed by atoms with Crippen LogP contribution in [0.5, 0.6) is 0 Å². The van der Waals surface area contributed by atoms with Crippen LogP contribution in [0.1, 0.15) is 30.9 Å². The lowest BCUT2D eigenvalue weighted by Crippen LogP contribution is -2.30. The Balaban J connectivity index is 2.25. The van der Waals surface area contributed by atoms with Crippen molar-refractivity contribution < 1.29 is 4.79 Å². The minimum absolute atomic E-state index is 0.153. The molecule has 2 rings (SSSR count). The SMILES string of the molecule is CCCC(=O)N(Cc1cccnc1)c1ccc(C)cc1. The lowest BCUT2D eigenvalue weighted by molar-refractivity contribution is -0.118. The summed E-state index contributed by atoms with van der Waals surface area (Å²) >= 11 is 0. The van der Waals surface area contributed by atoms with Crippen molar-refractivity contribution in [3.05, 3.63) is 59.9 Å². The maximum absolute atomic E-state index is 12.3. The van der Waals surface area contributed by atoms with Crippen LogP contribution in [-0.4, -0.2) is 10.9 Å². The second-order valence-electron chi connectivity index (χ2n) is 4.93. The maximum Gasteiger partial charge on any atom is 0.227 e. The van der Waals surface area contributed by atoms with Gasteiger partial charge in [-0.1, -0.05) is 30.7 Å². The van der Waals surface area contributed by atoms with E-state index in [9.17, 15) is 4.79 Å². The molecule has 3 heteroatoms. The van der Waals surface area contributed by atoms with Crippen molar-refractivity contribution in [2.24, 2.45) is 0 Å². The molecule has 0 aliphatic rings. The van der Waals surface area contributed by atoms with E-state index in [1.54, 1.807) is 12.4 Å². The van der Waals surface area contributed by atoms with Crippen LogP contribution in [0.4, 0.5) is 5.69 Å². The van der Waals surface area contributed by atoms with E-state index in [1.165, 1.54) is 5.56 Å². The molecule has 0 aliphatic heterocycles. The standard InChI is InChI=1S/C17H20N2O/c1-3-5-17(20)19(13-15-6-4-11-18-12-15)16-9-7-14(2)8-10-16/h4,6-12H,3,5,13H2,1-2H3. The summed E-state index contributed by atoms with van der Waals surface area (Å²) < 4.78 is 0. The van der Waals surface area contributed by atoms with Gasteiger partial charge in [-0.2, -0.15) is 0 Å². The Hall–Kier alpha value is -2.16. The van der Waals surface area contributed by atoms with Crippen molar-refractivity contribution in [3.8, 4) is 0 Å². The number of aromatic nitrogens is 1. The molecule has 0 N–H and O–H groups in total. The zero-order valence-electron chi connectivity index (χ0n) is 12.0. The molecular formula is C17H20N2O. The quantitative estimate of drug-likeness (QED) is 0.828. The molecule has 0 saturated carbocycles. The average Bonchev–Trinajstić information content (AvgIpc) is 2.47. The number of amides is 1. The summed E-state index contributed by atoms with van der Waals surface area (Å²) in [7, 11) is 0. The van der Waals surface area contributed by atoms with Gasteiger partial charge in [-0.3, -0.25) is 9.78 Å². The average molecular weight is 268 g/mol. The van der Waals surface area contributed by atoms with Crippen LogP contribution < -0.4 is 4.90 Å². The minimum atomic E-state index is 0.153. The van der Waals surface area contributed by atoms with Gasteiger partial charge in [0, 0.05) is 24.5 Å². The second kappa shape index (κ2) is 6.85. The van der Waals surface area contributed by atoms with Crippen LogP contribution >= 0.6 is 0 Å². The predicted molar refractivity (Wildman–Crippen MR) is 81.5 cm³/mol. The van der Waals surface area contributed by atoms with Crippen LogP contribution in [-0.2, 0) is 11.3 Å². The Morgan fingerprint density at radius 1 is 1.20 bits per heavy atom. The Bertz CT molecular complexity index is 549. The number of anilines is 1. The number of rotatable bonds is 5. The number of benzene rings is 1. The summed E-state index contributed by atoms with van der Waals surface area (Å²) in [6.07, 6.45) is 4.97. The van der Waals surface area contributed by atoms with E-state index in [0.29, 0.717) is 13.0 Å². The molecule has 104 valence electrons. The van der Waals surface area contributed by atoms with Crippen LogP contribution in [0.3, 0.4) is 0 Å². The van der Waals surface area contributed by atoms with Crippen molar-refractivity contribution in [3.63, 3.8) is 0 Å². The number of nitrogens with zero attached hydrogens (tertiary/aromatic N) is 2. The molecule has 0 radical (unpaired) electrons. The van der Waals surface area contributed by atoms with Crippen molar-refractivity contribution >= 4 is 11.6 Å². The Morgan fingerprint density at radius 3 is 2.55 bits per heavy atom. The van der Waals surface area contributed by atoms with Gasteiger partial charge in [0.1, 0.15) is 0 Å². The van der Waals surface area contributed by atoms with Gasteiger partial charge in [-0.05, 0) is 37.1 Å². The molecular weight excluding hydrogens is 248 g/mol. The molecule has 0 bridgehead atoms. The van der Waals surface area contributed by atoms with Gasteiger partial charge in [0.15, 0.2) is 0 Å². The van der Waals surface area contributed by atoms with E-state index in [1.807, 2.05) is 55.1 Å². The van der Waals surface area contributed by atoms with E-state index in [2.05, 4.69) is 4.98 Å². The molecule has 3 nitrogen and oxygen atoms in total. The van der Waals surface area contributed by atoms with Crippen LogP contribution in [0.25, 0.3) is 0 Å². The largest absolute Gasteiger partial charge is 0.308 e. The molecule has 0 aliphatic carbocycles. The molecule has 0 fully saturated rings. The zero-order valence-corrected chi connectivity index (χ0v) is 12.0. The van der Waals surface area contributed by atoms with E-state index in [-0.39, 0.29) is 5.91 Å². The molecule has 2 aromatic rings. The number of hydrogen-bond donors (Lipinski definition) is 0. The highest BCUT2D eigenvalue weighted by Gasteiger charge is 2.15. The summed E-state index contributed by atoms with van der Waals surface area (Å²) in [4.78, 5) is 18.3. The highest BCUT2D eigenvalue weighted by atomic mass is 16.2. The van der Waals surface area contributed by atoms with Crippen LogP contribution in [0.15, 0.2) is 48.8 Å². The van der Waals surface area contributed by atoms with Gasteiger partial charge in [-0.15, -0.1) is 0 Å². The molecule has 1 heterocycles. The van der Waals surface area contributed by atoms with Crippen LogP contribution in [0, 0.1) is 6.92 Å². The van der Waals surface area contributed by atoms with Crippen molar-refractivity contribution in [1.82, 2.24) is 4.98 Å². The molecule has 1 aromatic carbocycles. The molecule has 20 heavy (non-hydrogen) atoms.